The number of carboxylic acids is 1. The molecule has 1 aromatic rings. The number of nitrogens with zero attached hydrogens (tertiary/aromatic N) is 1. The van der Waals surface area contributed by atoms with E-state index in [9.17, 15) is 9.18 Å². The first-order chi connectivity index (χ1) is 7.33. The monoisotopic (exact) mass is 245 g/mol. The summed E-state index contributed by atoms with van der Waals surface area (Å²) in [4.78, 5) is 12.2. The van der Waals surface area contributed by atoms with Gasteiger partial charge in [-0.15, -0.1) is 0 Å². The Morgan fingerprint density at radius 3 is 2.44 bits per heavy atom. The van der Waals surface area contributed by atoms with Gasteiger partial charge >= 0.3 is 5.97 Å². The first kappa shape index (κ1) is 12.8. The average Bonchev–Trinajstić information content (AvgIpc) is 2.17. The predicted molar refractivity (Wildman–Crippen MR) is 61.9 cm³/mol. The van der Waals surface area contributed by atoms with Crippen LogP contribution in [0.4, 0.5) is 10.1 Å². The van der Waals surface area contributed by atoms with Gasteiger partial charge < -0.3 is 10.0 Å². The molecule has 0 saturated heterocycles. The second-order valence-electron chi connectivity index (χ2n) is 3.84. The molecule has 0 aromatic heterocycles. The van der Waals surface area contributed by atoms with Crippen molar-refractivity contribution < 1.29 is 14.3 Å². The van der Waals surface area contributed by atoms with E-state index in [1.165, 1.54) is 4.90 Å². The highest BCUT2D eigenvalue weighted by Crippen LogP contribution is 2.20. The number of aliphatic carboxylic acids is 1. The molecular weight excluding hydrogens is 233 g/mol. The molecule has 5 heteroatoms. The fourth-order valence-electron chi connectivity index (χ4n) is 1.30. The zero-order chi connectivity index (χ0) is 12.3. The Bertz CT molecular complexity index is 378. The average molecular weight is 246 g/mol. The summed E-state index contributed by atoms with van der Waals surface area (Å²) in [6.45, 7) is 0.825. The van der Waals surface area contributed by atoms with Crippen molar-refractivity contribution in [3.05, 3.63) is 29.3 Å². The molecule has 0 bridgehead atoms. The van der Waals surface area contributed by atoms with E-state index >= 15 is 0 Å². The van der Waals surface area contributed by atoms with E-state index in [1.807, 2.05) is 0 Å². The summed E-state index contributed by atoms with van der Waals surface area (Å²) in [7, 11) is 1.63. The van der Waals surface area contributed by atoms with E-state index in [1.54, 1.807) is 31.3 Å². The Balaban J connectivity index is 2.76. The topological polar surface area (TPSA) is 40.5 Å². The molecular formula is C11H13ClFNO2. The van der Waals surface area contributed by atoms with Gasteiger partial charge in [0.15, 0.2) is 0 Å². The van der Waals surface area contributed by atoms with Crippen LogP contribution in [0.2, 0.25) is 5.02 Å². The van der Waals surface area contributed by atoms with Gasteiger partial charge in [-0.3, -0.25) is 0 Å². The second kappa shape index (κ2) is 4.70. The third-order valence-electron chi connectivity index (χ3n) is 2.25. The molecule has 16 heavy (non-hydrogen) atoms. The summed E-state index contributed by atoms with van der Waals surface area (Å²) in [5.41, 5.74) is -1.55. The fraction of sp³-hybridized carbons (Fsp3) is 0.364. The highest BCUT2D eigenvalue weighted by Gasteiger charge is 2.34. The van der Waals surface area contributed by atoms with E-state index in [-0.39, 0.29) is 6.54 Å². The summed E-state index contributed by atoms with van der Waals surface area (Å²) in [6.07, 6.45) is 0. The second-order valence-corrected chi connectivity index (χ2v) is 4.27. The first-order valence-corrected chi connectivity index (χ1v) is 5.10. The van der Waals surface area contributed by atoms with Crippen LogP contribution in [0.25, 0.3) is 0 Å². The van der Waals surface area contributed by atoms with Crippen molar-refractivity contribution in [3.63, 3.8) is 0 Å². The molecule has 0 spiro atoms. The minimum absolute atomic E-state index is 0.218. The summed E-state index contributed by atoms with van der Waals surface area (Å²) >= 11 is 5.71. The summed E-state index contributed by atoms with van der Waals surface area (Å²) in [6, 6.07) is 6.76. The number of rotatable bonds is 4. The van der Waals surface area contributed by atoms with Crippen LogP contribution in [0, 0.1) is 0 Å². The smallest absolute Gasteiger partial charge is 0.343 e. The van der Waals surface area contributed by atoms with E-state index in [0.717, 1.165) is 12.6 Å². The number of carboxylic acid groups (broad SMARTS) is 1. The lowest BCUT2D eigenvalue weighted by molar-refractivity contribution is -0.148. The van der Waals surface area contributed by atoms with Gasteiger partial charge in [0.2, 0.25) is 5.67 Å². The molecule has 1 rings (SSSR count). The standard InChI is InChI=1S/C11H13ClFNO2/c1-11(13,10(15)16)7-14(2)9-5-3-8(12)4-6-9/h3-6H,7H2,1-2H3,(H,15,16). The van der Waals surface area contributed by atoms with Crippen molar-refractivity contribution in [1.29, 1.82) is 0 Å². The summed E-state index contributed by atoms with van der Waals surface area (Å²) in [5.74, 6) is -1.46. The third-order valence-corrected chi connectivity index (χ3v) is 2.50. The largest absolute Gasteiger partial charge is 0.479 e. The van der Waals surface area contributed by atoms with Gasteiger partial charge in [0.05, 0.1) is 6.54 Å². The molecule has 0 amide bonds. The minimum atomic E-state index is -2.27. The zero-order valence-electron chi connectivity index (χ0n) is 9.08. The van der Waals surface area contributed by atoms with Crippen LogP contribution in [-0.2, 0) is 4.79 Å². The zero-order valence-corrected chi connectivity index (χ0v) is 9.83. The van der Waals surface area contributed by atoms with Gasteiger partial charge in [-0.05, 0) is 31.2 Å². The fourth-order valence-corrected chi connectivity index (χ4v) is 1.43. The van der Waals surface area contributed by atoms with Crippen molar-refractivity contribution in [2.24, 2.45) is 0 Å². The van der Waals surface area contributed by atoms with Crippen LogP contribution in [0.5, 0.6) is 0 Å². The Morgan fingerprint density at radius 1 is 1.50 bits per heavy atom. The Kier molecular flexibility index (Phi) is 3.75. The lowest BCUT2D eigenvalue weighted by Gasteiger charge is -2.25. The normalized spacial score (nSPS) is 14.2. The van der Waals surface area contributed by atoms with Crippen LogP contribution in [0.1, 0.15) is 6.92 Å². The molecule has 1 unspecified atom stereocenters. The molecule has 3 nitrogen and oxygen atoms in total. The number of carbonyl (C=O) groups is 1. The van der Waals surface area contributed by atoms with Crippen LogP contribution in [-0.4, -0.2) is 30.3 Å². The molecule has 0 aliphatic carbocycles. The van der Waals surface area contributed by atoms with Gasteiger partial charge in [-0.2, -0.15) is 0 Å². The van der Waals surface area contributed by atoms with E-state index in [2.05, 4.69) is 0 Å². The molecule has 88 valence electrons. The molecule has 1 aromatic carbocycles. The van der Waals surface area contributed by atoms with Crippen LogP contribution in [0.15, 0.2) is 24.3 Å². The maximum atomic E-state index is 13.6. The van der Waals surface area contributed by atoms with E-state index in [4.69, 9.17) is 16.7 Å². The molecule has 1 atom stereocenters. The van der Waals surface area contributed by atoms with Crippen LogP contribution < -0.4 is 4.90 Å². The molecule has 0 radical (unpaired) electrons. The number of alkyl halides is 1. The van der Waals surface area contributed by atoms with E-state index in [0.29, 0.717) is 5.02 Å². The van der Waals surface area contributed by atoms with Crippen molar-refractivity contribution in [2.75, 3.05) is 18.5 Å². The van der Waals surface area contributed by atoms with Crippen molar-refractivity contribution in [3.8, 4) is 0 Å². The molecule has 0 aliphatic heterocycles. The van der Waals surface area contributed by atoms with E-state index < -0.39 is 11.6 Å². The van der Waals surface area contributed by atoms with Crippen LogP contribution in [0.3, 0.4) is 0 Å². The first-order valence-electron chi connectivity index (χ1n) is 4.72. The van der Waals surface area contributed by atoms with Gasteiger partial charge in [0, 0.05) is 17.8 Å². The van der Waals surface area contributed by atoms with Gasteiger partial charge in [0.1, 0.15) is 0 Å². The maximum Gasteiger partial charge on any atom is 0.343 e. The Labute approximate surface area is 98.4 Å². The third kappa shape index (κ3) is 3.10. The quantitative estimate of drug-likeness (QED) is 0.887. The SMILES string of the molecule is CN(CC(C)(F)C(=O)O)c1ccc(Cl)cc1. The predicted octanol–water partition coefficient (Wildman–Crippen LogP) is 2.59. The molecule has 0 fully saturated rings. The molecule has 0 aliphatic rings. The number of hydrogen-bond acceptors (Lipinski definition) is 2. The number of hydrogen-bond donors (Lipinski definition) is 1. The molecule has 1 N–H and O–H groups in total. The lowest BCUT2D eigenvalue weighted by Crippen LogP contribution is -2.41. The highest BCUT2D eigenvalue weighted by molar-refractivity contribution is 6.30. The summed E-state index contributed by atoms with van der Waals surface area (Å²) in [5, 5.41) is 9.24. The van der Waals surface area contributed by atoms with Crippen molar-refractivity contribution in [2.45, 2.75) is 12.6 Å². The summed E-state index contributed by atoms with van der Waals surface area (Å²) < 4.78 is 13.6. The highest BCUT2D eigenvalue weighted by atomic mass is 35.5. The van der Waals surface area contributed by atoms with Gasteiger partial charge in [0.25, 0.3) is 0 Å². The number of benzene rings is 1. The Morgan fingerprint density at radius 2 is 2.00 bits per heavy atom. The molecule has 0 saturated carbocycles. The van der Waals surface area contributed by atoms with Gasteiger partial charge in [-0.25, -0.2) is 9.18 Å². The minimum Gasteiger partial charge on any atom is -0.479 e. The maximum absolute atomic E-state index is 13.6. The van der Waals surface area contributed by atoms with Crippen molar-refractivity contribution in [1.82, 2.24) is 0 Å². The van der Waals surface area contributed by atoms with Crippen LogP contribution >= 0.6 is 11.6 Å². The van der Waals surface area contributed by atoms with Crippen molar-refractivity contribution >= 4 is 23.3 Å². The lowest BCUT2D eigenvalue weighted by atomic mass is 10.1. The molecule has 0 heterocycles. The van der Waals surface area contributed by atoms with Gasteiger partial charge in [-0.1, -0.05) is 11.6 Å². The Hall–Kier alpha value is -1.29. The number of halogens is 2. The number of anilines is 1.